The number of benzene rings is 1. The fraction of sp³-hybridized carbons (Fsp3) is 0.533. The first-order valence-electron chi connectivity index (χ1n) is 7.05. The van der Waals surface area contributed by atoms with Crippen LogP contribution in [0.4, 0.5) is 5.69 Å². The summed E-state index contributed by atoms with van der Waals surface area (Å²) in [6.07, 6.45) is 0.972. The molecule has 0 bridgehead atoms. The van der Waals surface area contributed by atoms with Crippen molar-refractivity contribution in [3.63, 3.8) is 0 Å². The summed E-state index contributed by atoms with van der Waals surface area (Å²) in [4.78, 5) is 11.3. The largest absolute Gasteiger partial charge is 0.382 e. The van der Waals surface area contributed by atoms with Crippen molar-refractivity contribution in [2.24, 2.45) is 5.73 Å². The maximum Gasteiger partial charge on any atom is 0.249 e. The minimum Gasteiger partial charge on any atom is -0.382 e. The van der Waals surface area contributed by atoms with Crippen LogP contribution >= 0.6 is 0 Å². The van der Waals surface area contributed by atoms with Gasteiger partial charge >= 0.3 is 0 Å². The summed E-state index contributed by atoms with van der Waals surface area (Å²) in [5.74, 6) is -0.388. The molecule has 2 unspecified atom stereocenters. The van der Waals surface area contributed by atoms with Crippen molar-refractivity contribution in [1.29, 1.82) is 0 Å². The Morgan fingerprint density at radius 1 is 1.60 bits per heavy atom. The average Bonchev–Trinajstić information content (AvgIpc) is 2.42. The maximum atomic E-state index is 11.3. The SMILES string of the molecule is Cc1c(NC(C)CC2COCCN2)cccc1C(N)=O. The predicted molar refractivity (Wildman–Crippen MR) is 80.0 cm³/mol. The van der Waals surface area contributed by atoms with E-state index in [1.165, 1.54) is 0 Å². The van der Waals surface area contributed by atoms with Crippen LogP contribution in [0.2, 0.25) is 0 Å². The molecule has 1 heterocycles. The molecule has 2 rings (SSSR count). The molecule has 1 aromatic rings. The highest BCUT2D eigenvalue weighted by Gasteiger charge is 2.17. The van der Waals surface area contributed by atoms with Gasteiger partial charge in [-0.05, 0) is 38.0 Å². The number of carbonyl (C=O) groups is 1. The van der Waals surface area contributed by atoms with Crippen LogP contribution in [-0.4, -0.2) is 37.7 Å². The van der Waals surface area contributed by atoms with Gasteiger partial charge in [0, 0.05) is 29.9 Å². The molecule has 1 amide bonds. The third-order valence-corrected chi connectivity index (χ3v) is 3.64. The van der Waals surface area contributed by atoms with Gasteiger partial charge in [0.2, 0.25) is 5.91 Å². The number of hydrogen-bond donors (Lipinski definition) is 3. The summed E-state index contributed by atoms with van der Waals surface area (Å²) in [5, 5.41) is 6.89. The summed E-state index contributed by atoms with van der Waals surface area (Å²) in [6, 6.07) is 6.25. The Bertz CT molecular complexity index is 470. The number of hydrogen-bond acceptors (Lipinski definition) is 4. The van der Waals surface area contributed by atoms with E-state index in [0.717, 1.165) is 37.4 Å². The number of nitrogens with one attached hydrogen (secondary N) is 2. The molecular formula is C15H23N3O2. The molecular weight excluding hydrogens is 254 g/mol. The number of anilines is 1. The van der Waals surface area contributed by atoms with E-state index >= 15 is 0 Å². The van der Waals surface area contributed by atoms with E-state index in [9.17, 15) is 4.79 Å². The Balaban J connectivity index is 1.98. The second-order valence-corrected chi connectivity index (χ2v) is 5.35. The molecule has 0 spiro atoms. The lowest BCUT2D eigenvalue weighted by Gasteiger charge is -2.27. The Hall–Kier alpha value is -1.59. The topological polar surface area (TPSA) is 76.4 Å². The van der Waals surface area contributed by atoms with Crippen LogP contribution in [-0.2, 0) is 4.74 Å². The minimum absolute atomic E-state index is 0.288. The fourth-order valence-electron chi connectivity index (χ4n) is 2.58. The molecule has 0 radical (unpaired) electrons. The number of carbonyl (C=O) groups excluding carboxylic acids is 1. The minimum atomic E-state index is -0.388. The number of rotatable bonds is 5. The highest BCUT2D eigenvalue weighted by molar-refractivity contribution is 5.95. The number of morpholine rings is 1. The summed E-state index contributed by atoms with van der Waals surface area (Å²) in [6.45, 7) is 6.50. The van der Waals surface area contributed by atoms with Crippen LogP contribution in [0, 0.1) is 6.92 Å². The molecule has 4 N–H and O–H groups in total. The van der Waals surface area contributed by atoms with Crippen LogP contribution in [0.3, 0.4) is 0 Å². The number of nitrogens with two attached hydrogens (primary N) is 1. The van der Waals surface area contributed by atoms with Crippen LogP contribution in [0.1, 0.15) is 29.3 Å². The van der Waals surface area contributed by atoms with Gasteiger partial charge in [0.05, 0.1) is 13.2 Å². The van der Waals surface area contributed by atoms with E-state index in [1.807, 2.05) is 19.1 Å². The standard InChI is InChI=1S/C15H23N3O2/c1-10(8-12-9-20-7-6-17-12)18-14-5-3-4-13(11(14)2)15(16)19/h3-5,10,12,17-18H,6-9H2,1-2H3,(H2,16,19). The Morgan fingerprint density at radius 3 is 3.05 bits per heavy atom. The maximum absolute atomic E-state index is 11.3. The molecule has 0 saturated carbocycles. The van der Waals surface area contributed by atoms with Gasteiger partial charge in [0.25, 0.3) is 0 Å². The van der Waals surface area contributed by atoms with E-state index in [4.69, 9.17) is 10.5 Å². The van der Waals surface area contributed by atoms with Crippen molar-refractivity contribution in [2.75, 3.05) is 25.1 Å². The second-order valence-electron chi connectivity index (χ2n) is 5.35. The molecule has 1 aliphatic rings. The van der Waals surface area contributed by atoms with Gasteiger partial charge in [0.15, 0.2) is 0 Å². The van der Waals surface area contributed by atoms with Crippen LogP contribution < -0.4 is 16.4 Å². The molecule has 1 saturated heterocycles. The van der Waals surface area contributed by atoms with Gasteiger partial charge < -0.3 is 21.1 Å². The van der Waals surface area contributed by atoms with Crippen molar-refractivity contribution in [2.45, 2.75) is 32.4 Å². The normalized spacial score (nSPS) is 20.4. The molecule has 110 valence electrons. The average molecular weight is 277 g/mol. The molecule has 0 aliphatic carbocycles. The fourth-order valence-corrected chi connectivity index (χ4v) is 2.58. The first kappa shape index (κ1) is 14.8. The van der Waals surface area contributed by atoms with E-state index in [1.54, 1.807) is 6.07 Å². The number of ether oxygens (including phenoxy) is 1. The summed E-state index contributed by atoms with van der Waals surface area (Å²) >= 11 is 0. The van der Waals surface area contributed by atoms with Crippen LogP contribution in [0.5, 0.6) is 0 Å². The van der Waals surface area contributed by atoms with Crippen molar-refractivity contribution in [3.05, 3.63) is 29.3 Å². The molecule has 1 aliphatic heterocycles. The number of amides is 1. The molecule has 5 nitrogen and oxygen atoms in total. The zero-order valence-electron chi connectivity index (χ0n) is 12.1. The van der Waals surface area contributed by atoms with Crippen molar-refractivity contribution in [3.8, 4) is 0 Å². The van der Waals surface area contributed by atoms with Crippen molar-refractivity contribution in [1.82, 2.24) is 5.32 Å². The van der Waals surface area contributed by atoms with Gasteiger partial charge in [0.1, 0.15) is 0 Å². The third-order valence-electron chi connectivity index (χ3n) is 3.64. The van der Waals surface area contributed by atoms with Crippen molar-refractivity contribution >= 4 is 11.6 Å². The van der Waals surface area contributed by atoms with E-state index in [-0.39, 0.29) is 11.9 Å². The molecule has 5 heteroatoms. The second kappa shape index (κ2) is 6.72. The highest BCUT2D eigenvalue weighted by Crippen LogP contribution is 2.20. The third kappa shape index (κ3) is 3.71. The lowest BCUT2D eigenvalue weighted by molar-refractivity contribution is 0.0731. The van der Waals surface area contributed by atoms with Gasteiger partial charge in [-0.15, -0.1) is 0 Å². The quantitative estimate of drug-likeness (QED) is 0.757. The van der Waals surface area contributed by atoms with E-state index < -0.39 is 0 Å². The molecule has 1 fully saturated rings. The highest BCUT2D eigenvalue weighted by atomic mass is 16.5. The monoisotopic (exact) mass is 277 g/mol. The van der Waals surface area contributed by atoms with Crippen molar-refractivity contribution < 1.29 is 9.53 Å². The first-order valence-corrected chi connectivity index (χ1v) is 7.05. The summed E-state index contributed by atoms with van der Waals surface area (Å²) in [7, 11) is 0. The molecule has 1 aromatic carbocycles. The smallest absolute Gasteiger partial charge is 0.249 e. The zero-order valence-corrected chi connectivity index (χ0v) is 12.1. The van der Waals surface area contributed by atoms with Gasteiger partial charge in [-0.3, -0.25) is 4.79 Å². The zero-order chi connectivity index (χ0) is 14.5. The predicted octanol–water partition coefficient (Wildman–Crippen LogP) is 1.27. The lowest BCUT2D eigenvalue weighted by atomic mass is 10.0. The van der Waals surface area contributed by atoms with Gasteiger partial charge in [-0.25, -0.2) is 0 Å². The van der Waals surface area contributed by atoms with Crippen LogP contribution in [0.15, 0.2) is 18.2 Å². The van der Waals surface area contributed by atoms with E-state index in [0.29, 0.717) is 11.6 Å². The number of primary amides is 1. The lowest BCUT2D eigenvalue weighted by Crippen LogP contribution is -2.43. The molecule has 2 atom stereocenters. The molecule has 20 heavy (non-hydrogen) atoms. The Kier molecular flexibility index (Phi) is 4.98. The van der Waals surface area contributed by atoms with E-state index in [2.05, 4.69) is 17.6 Å². The van der Waals surface area contributed by atoms with Gasteiger partial charge in [-0.2, -0.15) is 0 Å². The van der Waals surface area contributed by atoms with Crippen LogP contribution in [0.25, 0.3) is 0 Å². The van der Waals surface area contributed by atoms with Gasteiger partial charge in [-0.1, -0.05) is 6.07 Å². The summed E-state index contributed by atoms with van der Waals surface area (Å²) in [5.41, 5.74) is 7.81. The Morgan fingerprint density at radius 2 is 2.40 bits per heavy atom. The first-order chi connectivity index (χ1) is 9.58. The summed E-state index contributed by atoms with van der Waals surface area (Å²) < 4.78 is 5.46. The molecule has 0 aromatic heterocycles. The Labute approximate surface area is 119 Å².